The van der Waals surface area contributed by atoms with Gasteiger partial charge in [-0.05, 0) is 42.8 Å². The van der Waals surface area contributed by atoms with Gasteiger partial charge in [0.25, 0.3) is 0 Å². The highest BCUT2D eigenvalue weighted by atomic mass is 32.2. The van der Waals surface area contributed by atoms with Gasteiger partial charge in [0, 0.05) is 5.39 Å². The fourth-order valence-corrected chi connectivity index (χ4v) is 4.22. The Bertz CT molecular complexity index is 1400. The van der Waals surface area contributed by atoms with E-state index in [1.54, 1.807) is 0 Å². The Morgan fingerprint density at radius 2 is 1.76 bits per heavy atom. The minimum absolute atomic E-state index is 0.00601. The molecule has 0 saturated carbocycles. The summed E-state index contributed by atoms with van der Waals surface area (Å²) in [5.41, 5.74) is 3.19. The Hall–Kier alpha value is -3.92. The number of pyridine rings is 1. The Labute approximate surface area is 193 Å². The minimum atomic E-state index is -0.639. The first kappa shape index (κ1) is 22.3. The van der Waals surface area contributed by atoms with Gasteiger partial charge in [0.1, 0.15) is 0 Å². The van der Waals surface area contributed by atoms with E-state index in [1.807, 2.05) is 41.7 Å². The van der Waals surface area contributed by atoms with Crippen LogP contribution in [0.15, 0.2) is 53.7 Å². The van der Waals surface area contributed by atoms with Crippen LogP contribution in [-0.2, 0) is 14.3 Å². The highest BCUT2D eigenvalue weighted by Crippen LogP contribution is 2.26. The number of methoxy groups -OCH3 is 2. The zero-order chi connectivity index (χ0) is 23.5. The molecule has 0 spiro atoms. The molecule has 9 nitrogen and oxygen atoms in total. The number of carbonyl (C=O) groups is 3. The molecule has 2 aromatic carbocycles. The predicted molar refractivity (Wildman–Crippen MR) is 124 cm³/mol. The number of aryl methyl sites for hydroxylation is 1. The van der Waals surface area contributed by atoms with Crippen molar-refractivity contribution >= 4 is 51.8 Å². The van der Waals surface area contributed by atoms with Gasteiger partial charge in [0.2, 0.25) is 5.91 Å². The zero-order valence-electron chi connectivity index (χ0n) is 18.1. The third-order valence-electron chi connectivity index (χ3n) is 5.03. The second-order valence-electron chi connectivity index (χ2n) is 7.10. The van der Waals surface area contributed by atoms with Crippen LogP contribution in [0.5, 0.6) is 0 Å². The Balaban J connectivity index is 1.58. The minimum Gasteiger partial charge on any atom is -0.465 e. The van der Waals surface area contributed by atoms with Gasteiger partial charge in [0.15, 0.2) is 10.8 Å². The lowest BCUT2D eigenvalue weighted by Crippen LogP contribution is -2.18. The SMILES string of the molecule is COC(=O)c1ccc(C(=O)OC)c(NC(=O)CSc2nnc3cc(C)c4ccccc4n23)c1. The van der Waals surface area contributed by atoms with Crippen LogP contribution < -0.4 is 5.32 Å². The van der Waals surface area contributed by atoms with Crippen molar-refractivity contribution in [3.8, 4) is 0 Å². The van der Waals surface area contributed by atoms with Gasteiger partial charge in [-0.15, -0.1) is 10.2 Å². The molecule has 0 bridgehead atoms. The number of anilines is 1. The van der Waals surface area contributed by atoms with Crippen molar-refractivity contribution in [3.63, 3.8) is 0 Å². The number of hydrogen-bond acceptors (Lipinski definition) is 8. The van der Waals surface area contributed by atoms with Gasteiger partial charge in [-0.2, -0.15) is 0 Å². The molecule has 1 amide bonds. The van der Waals surface area contributed by atoms with Crippen molar-refractivity contribution in [1.82, 2.24) is 14.6 Å². The molecule has 2 aromatic heterocycles. The van der Waals surface area contributed by atoms with E-state index in [9.17, 15) is 14.4 Å². The number of benzene rings is 2. The summed E-state index contributed by atoms with van der Waals surface area (Å²) in [5, 5.41) is 12.8. The maximum absolute atomic E-state index is 12.7. The number of amides is 1. The highest BCUT2D eigenvalue weighted by molar-refractivity contribution is 7.99. The number of para-hydroxylation sites is 1. The number of esters is 2. The van der Waals surface area contributed by atoms with Crippen molar-refractivity contribution in [3.05, 3.63) is 65.2 Å². The van der Waals surface area contributed by atoms with E-state index in [4.69, 9.17) is 9.47 Å². The molecule has 4 aromatic rings. The molecule has 168 valence electrons. The predicted octanol–water partition coefficient (Wildman–Crippen LogP) is 3.49. The summed E-state index contributed by atoms with van der Waals surface area (Å²) in [7, 11) is 2.49. The van der Waals surface area contributed by atoms with E-state index in [1.165, 1.54) is 44.2 Å². The highest BCUT2D eigenvalue weighted by Gasteiger charge is 2.18. The summed E-state index contributed by atoms with van der Waals surface area (Å²) < 4.78 is 11.4. The second-order valence-corrected chi connectivity index (χ2v) is 8.04. The van der Waals surface area contributed by atoms with Crippen LogP contribution in [0.25, 0.3) is 16.6 Å². The zero-order valence-corrected chi connectivity index (χ0v) is 18.9. The van der Waals surface area contributed by atoms with Crippen LogP contribution in [0.1, 0.15) is 26.3 Å². The van der Waals surface area contributed by atoms with Crippen LogP contribution in [0.3, 0.4) is 0 Å². The molecule has 4 rings (SSSR count). The number of carbonyl (C=O) groups excluding carboxylic acids is 3. The van der Waals surface area contributed by atoms with Crippen LogP contribution in [0.4, 0.5) is 5.69 Å². The maximum Gasteiger partial charge on any atom is 0.339 e. The largest absolute Gasteiger partial charge is 0.465 e. The standard InChI is InChI=1S/C23H20N4O5S/c1-13-10-19-25-26-23(27(19)18-7-5-4-6-15(13)18)33-12-20(28)24-17-11-14(21(29)31-2)8-9-16(17)22(30)32-3/h4-11H,12H2,1-3H3,(H,24,28). The van der Waals surface area contributed by atoms with E-state index in [0.29, 0.717) is 10.8 Å². The topological polar surface area (TPSA) is 112 Å². The number of fused-ring (bicyclic) bond motifs is 3. The van der Waals surface area contributed by atoms with E-state index < -0.39 is 11.9 Å². The molecule has 0 aliphatic carbocycles. The summed E-state index contributed by atoms with van der Waals surface area (Å²) in [6.45, 7) is 2.01. The van der Waals surface area contributed by atoms with E-state index >= 15 is 0 Å². The number of ether oxygens (including phenoxy) is 2. The van der Waals surface area contributed by atoms with Crippen molar-refractivity contribution in [2.45, 2.75) is 12.1 Å². The molecule has 0 fully saturated rings. The fraction of sp³-hybridized carbons (Fsp3) is 0.174. The fourth-order valence-electron chi connectivity index (χ4n) is 3.47. The quantitative estimate of drug-likeness (QED) is 0.341. The second kappa shape index (κ2) is 9.29. The van der Waals surface area contributed by atoms with Crippen LogP contribution in [0, 0.1) is 6.92 Å². The summed E-state index contributed by atoms with van der Waals surface area (Å²) in [6.07, 6.45) is 0. The third kappa shape index (κ3) is 4.37. The number of rotatable bonds is 6. The molecule has 1 N–H and O–H groups in total. The molecule has 0 saturated heterocycles. The van der Waals surface area contributed by atoms with Gasteiger partial charge in [-0.3, -0.25) is 9.20 Å². The first-order chi connectivity index (χ1) is 15.9. The average molecular weight is 465 g/mol. The lowest BCUT2D eigenvalue weighted by Gasteiger charge is -2.11. The number of thioether (sulfide) groups is 1. The number of aromatic nitrogens is 3. The molecule has 10 heteroatoms. The summed E-state index contributed by atoms with van der Waals surface area (Å²) >= 11 is 1.21. The summed E-state index contributed by atoms with van der Waals surface area (Å²) in [4.78, 5) is 36.7. The molecule has 2 heterocycles. The van der Waals surface area contributed by atoms with Gasteiger partial charge in [0.05, 0.1) is 42.3 Å². The van der Waals surface area contributed by atoms with Crippen LogP contribution >= 0.6 is 11.8 Å². The Kier molecular flexibility index (Phi) is 6.27. The first-order valence-electron chi connectivity index (χ1n) is 9.89. The third-order valence-corrected chi connectivity index (χ3v) is 5.96. The monoisotopic (exact) mass is 464 g/mol. The van der Waals surface area contributed by atoms with Crippen molar-refractivity contribution in [2.24, 2.45) is 0 Å². The lowest BCUT2D eigenvalue weighted by atomic mass is 10.1. The average Bonchev–Trinajstić information content (AvgIpc) is 3.24. The van der Waals surface area contributed by atoms with Gasteiger partial charge < -0.3 is 14.8 Å². The Morgan fingerprint density at radius 3 is 2.52 bits per heavy atom. The summed E-state index contributed by atoms with van der Waals surface area (Å²) in [5.74, 6) is -1.61. The van der Waals surface area contributed by atoms with Crippen LogP contribution in [0.2, 0.25) is 0 Å². The molecular formula is C23H20N4O5S. The van der Waals surface area contributed by atoms with E-state index in [-0.39, 0.29) is 28.5 Å². The number of hydrogen-bond donors (Lipinski definition) is 1. The smallest absolute Gasteiger partial charge is 0.339 e. The molecule has 33 heavy (non-hydrogen) atoms. The van der Waals surface area contributed by atoms with Crippen molar-refractivity contribution < 1.29 is 23.9 Å². The molecule has 0 aliphatic rings. The van der Waals surface area contributed by atoms with E-state index in [2.05, 4.69) is 15.5 Å². The molecule has 0 aliphatic heterocycles. The van der Waals surface area contributed by atoms with Gasteiger partial charge in [-0.25, -0.2) is 9.59 Å². The molecule has 0 radical (unpaired) electrons. The number of nitrogens with zero attached hydrogens (tertiary/aromatic N) is 3. The van der Waals surface area contributed by atoms with Gasteiger partial charge in [-0.1, -0.05) is 30.0 Å². The maximum atomic E-state index is 12.7. The lowest BCUT2D eigenvalue weighted by molar-refractivity contribution is -0.113. The molecule has 0 unspecified atom stereocenters. The van der Waals surface area contributed by atoms with E-state index in [0.717, 1.165) is 16.5 Å². The molecule has 0 atom stereocenters. The summed E-state index contributed by atoms with van der Waals surface area (Å²) in [6, 6.07) is 14.1. The molecular weight excluding hydrogens is 444 g/mol. The number of nitrogens with one attached hydrogen (secondary N) is 1. The Morgan fingerprint density at radius 1 is 1.00 bits per heavy atom. The van der Waals surface area contributed by atoms with Crippen molar-refractivity contribution in [2.75, 3.05) is 25.3 Å². The first-order valence-corrected chi connectivity index (χ1v) is 10.9. The van der Waals surface area contributed by atoms with Crippen LogP contribution in [-0.4, -0.2) is 52.4 Å². The van der Waals surface area contributed by atoms with Crippen molar-refractivity contribution in [1.29, 1.82) is 0 Å². The van der Waals surface area contributed by atoms with Gasteiger partial charge >= 0.3 is 11.9 Å². The normalized spacial score (nSPS) is 10.9.